The van der Waals surface area contributed by atoms with Gasteiger partial charge in [-0.25, -0.2) is 14.5 Å². The molecule has 2 rings (SSSR count). The lowest BCUT2D eigenvalue weighted by Crippen LogP contribution is -2.10. The Morgan fingerprint density at radius 3 is 3.05 bits per heavy atom. The van der Waals surface area contributed by atoms with Crippen LogP contribution in [0.3, 0.4) is 0 Å². The highest BCUT2D eigenvalue weighted by molar-refractivity contribution is 9.10. The summed E-state index contributed by atoms with van der Waals surface area (Å²) in [5.74, 6) is 0.101. The molecule has 0 spiro atoms. The minimum atomic E-state index is -0.567. The standard InChI is InChI=1S/C12H11BrClN3O3/c1-19-12(18)11-15-7-17(16-11)4-5-20-10-6-8(14)2-3-9(10)13/h2-3,6-7H,4-5H2,1H3. The largest absolute Gasteiger partial charge is 0.490 e. The van der Waals surface area contributed by atoms with Crippen LogP contribution in [0.25, 0.3) is 0 Å². The summed E-state index contributed by atoms with van der Waals surface area (Å²) in [6, 6.07) is 5.29. The van der Waals surface area contributed by atoms with Gasteiger partial charge < -0.3 is 9.47 Å². The average molecular weight is 361 g/mol. The molecule has 0 saturated carbocycles. The minimum Gasteiger partial charge on any atom is -0.490 e. The summed E-state index contributed by atoms with van der Waals surface area (Å²) in [5, 5.41) is 4.56. The van der Waals surface area contributed by atoms with E-state index in [4.69, 9.17) is 16.3 Å². The molecule has 0 bridgehead atoms. The fourth-order valence-corrected chi connectivity index (χ4v) is 1.95. The van der Waals surface area contributed by atoms with Gasteiger partial charge in [0.15, 0.2) is 0 Å². The van der Waals surface area contributed by atoms with Gasteiger partial charge in [-0.15, -0.1) is 5.10 Å². The first-order chi connectivity index (χ1) is 9.60. The van der Waals surface area contributed by atoms with Crippen LogP contribution < -0.4 is 4.74 Å². The van der Waals surface area contributed by atoms with E-state index in [9.17, 15) is 4.79 Å². The molecule has 0 radical (unpaired) electrons. The van der Waals surface area contributed by atoms with Crippen LogP contribution in [0.15, 0.2) is 29.0 Å². The molecular weight excluding hydrogens is 350 g/mol. The molecule has 0 fully saturated rings. The molecule has 0 amide bonds. The number of halogens is 2. The maximum atomic E-state index is 11.2. The lowest BCUT2D eigenvalue weighted by atomic mass is 10.3. The Labute approximate surface area is 128 Å². The number of nitrogens with zero attached hydrogens (tertiary/aromatic N) is 3. The van der Waals surface area contributed by atoms with Crippen LogP contribution in [0.5, 0.6) is 5.75 Å². The zero-order valence-electron chi connectivity index (χ0n) is 10.5. The number of hydrogen-bond donors (Lipinski definition) is 0. The van der Waals surface area contributed by atoms with Crippen LogP contribution in [-0.2, 0) is 11.3 Å². The molecule has 0 atom stereocenters. The monoisotopic (exact) mass is 359 g/mol. The van der Waals surface area contributed by atoms with E-state index >= 15 is 0 Å². The van der Waals surface area contributed by atoms with Gasteiger partial charge >= 0.3 is 5.97 Å². The van der Waals surface area contributed by atoms with Crippen molar-refractivity contribution < 1.29 is 14.3 Å². The van der Waals surface area contributed by atoms with Crippen molar-refractivity contribution in [1.29, 1.82) is 0 Å². The van der Waals surface area contributed by atoms with E-state index in [0.29, 0.717) is 23.9 Å². The number of hydrogen-bond acceptors (Lipinski definition) is 5. The normalized spacial score (nSPS) is 10.3. The number of carbonyl (C=O) groups excluding carboxylic acids is 1. The van der Waals surface area contributed by atoms with Crippen LogP contribution in [0.1, 0.15) is 10.6 Å². The molecule has 0 saturated heterocycles. The first-order valence-electron chi connectivity index (χ1n) is 5.66. The Morgan fingerprint density at radius 2 is 2.30 bits per heavy atom. The summed E-state index contributed by atoms with van der Waals surface area (Å²) in [6.07, 6.45) is 1.45. The average Bonchev–Trinajstić information content (AvgIpc) is 2.90. The van der Waals surface area contributed by atoms with E-state index in [1.807, 2.05) is 6.07 Å². The van der Waals surface area contributed by atoms with Crippen molar-refractivity contribution in [3.8, 4) is 5.75 Å². The van der Waals surface area contributed by atoms with Crippen molar-refractivity contribution in [3.05, 3.63) is 39.8 Å². The predicted octanol–water partition coefficient (Wildman–Crippen LogP) is 2.56. The second kappa shape index (κ2) is 6.71. The summed E-state index contributed by atoms with van der Waals surface area (Å²) in [4.78, 5) is 15.0. The summed E-state index contributed by atoms with van der Waals surface area (Å²) < 4.78 is 12.4. The van der Waals surface area contributed by atoms with Crippen LogP contribution in [0, 0.1) is 0 Å². The van der Waals surface area contributed by atoms with Gasteiger partial charge in [0.05, 0.1) is 18.1 Å². The highest BCUT2D eigenvalue weighted by Crippen LogP contribution is 2.27. The molecule has 1 aromatic heterocycles. The van der Waals surface area contributed by atoms with Gasteiger partial charge in [0.1, 0.15) is 18.7 Å². The van der Waals surface area contributed by atoms with Crippen molar-refractivity contribution in [2.24, 2.45) is 0 Å². The first-order valence-corrected chi connectivity index (χ1v) is 6.83. The van der Waals surface area contributed by atoms with Crippen molar-refractivity contribution in [2.45, 2.75) is 6.54 Å². The number of esters is 1. The number of methoxy groups -OCH3 is 1. The highest BCUT2D eigenvalue weighted by Gasteiger charge is 2.11. The Kier molecular flexibility index (Phi) is 4.97. The van der Waals surface area contributed by atoms with Crippen LogP contribution in [0.2, 0.25) is 5.02 Å². The van der Waals surface area contributed by atoms with Crippen molar-refractivity contribution in [1.82, 2.24) is 14.8 Å². The number of carbonyl (C=O) groups is 1. The van der Waals surface area contributed by atoms with Crippen LogP contribution in [0.4, 0.5) is 0 Å². The minimum absolute atomic E-state index is 0.0245. The van der Waals surface area contributed by atoms with Gasteiger partial charge in [0, 0.05) is 5.02 Å². The Hall–Kier alpha value is -1.60. The smallest absolute Gasteiger partial charge is 0.377 e. The van der Waals surface area contributed by atoms with Gasteiger partial charge in [0.25, 0.3) is 5.82 Å². The van der Waals surface area contributed by atoms with E-state index in [2.05, 4.69) is 30.7 Å². The number of aromatic nitrogens is 3. The Morgan fingerprint density at radius 1 is 1.50 bits per heavy atom. The Balaban J connectivity index is 1.91. The van der Waals surface area contributed by atoms with Gasteiger partial charge in [0.2, 0.25) is 0 Å². The van der Waals surface area contributed by atoms with Crippen LogP contribution >= 0.6 is 27.5 Å². The van der Waals surface area contributed by atoms with Gasteiger partial charge in [-0.2, -0.15) is 0 Å². The molecule has 1 heterocycles. The Bertz CT molecular complexity index is 618. The third kappa shape index (κ3) is 3.71. The number of ether oxygens (including phenoxy) is 2. The molecule has 0 aliphatic rings. The van der Waals surface area contributed by atoms with Crippen LogP contribution in [-0.4, -0.2) is 34.5 Å². The topological polar surface area (TPSA) is 66.2 Å². The van der Waals surface area contributed by atoms with E-state index < -0.39 is 5.97 Å². The fraction of sp³-hybridized carbons (Fsp3) is 0.250. The maximum Gasteiger partial charge on any atom is 0.377 e. The summed E-state index contributed by atoms with van der Waals surface area (Å²) in [7, 11) is 1.28. The predicted molar refractivity (Wildman–Crippen MR) is 76.0 cm³/mol. The molecule has 0 N–H and O–H groups in total. The second-order valence-electron chi connectivity index (χ2n) is 3.75. The molecule has 0 aliphatic carbocycles. The molecule has 106 valence electrons. The third-order valence-corrected chi connectivity index (χ3v) is 3.27. The molecule has 0 aliphatic heterocycles. The maximum absolute atomic E-state index is 11.2. The van der Waals surface area contributed by atoms with E-state index in [-0.39, 0.29) is 5.82 Å². The van der Waals surface area contributed by atoms with E-state index in [1.165, 1.54) is 18.1 Å². The summed E-state index contributed by atoms with van der Waals surface area (Å²) in [6.45, 7) is 0.811. The molecular formula is C12H11BrClN3O3. The van der Waals surface area contributed by atoms with E-state index in [1.54, 1.807) is 12.1 Å². The van der Waals surface area contributed by atoms with Crippen molar-refractivity contribution in [3.63, 3.8) is 0 Å². The van der Waals surface area contributed by atoms with E-state index in [0.717, 1.165) is 4.47 Å². The zero-order chi connectivity index (χ0) is 14.5. The molecule has 2 aromatic rings. The van der Waals surface area contributed by atoms with Gasteiger partial charge in [-0.1, -0.05) is 11.6 Å². The highest BCUT2D eigenvalue weighted by atomic mass is 79.9. The summed E-state index contributed by atoms with van der Waals surface area (Å²) in [5.41, 5.74) is 0. The van der Waals surface area contributed by atoms with Crippen molar-refractivity contribution in [2.75, 3.05) is 13.7 Å². The zero-order valence-corrected chi connectivity index (χ0v) is 12.9. The lowest BCUT2D eigenvalue weighted by Gasteiger charge is -2.08. The van der Waals surface area contributed by atoms with Gasteiger partial charge in [-0.3, -0.25) is 0 Å². The number of rotatable bonds is 5. The third-order valence-electron chi connectivity index (χ3n) is 2.38. The quantitative estimate of drug-likeness (QED) is 0.767. The lowest BCUT2D eigenvalue weighted by molar-refractivity contribution is 0.0586. The SMILES string of the molecule is COC(=O)c1ncn(CCOc2cc(Cl)ccc2Br)n1. The van der Waals surface area contributed by atoms with Crippen molar-refractivity contribution >= 4 is 33.5 Å². The molecule has 0 unspecified atom stereocenters. The fourth-order valence-electron chi connectivity index (χ4n) is 1.42. The molecule has 1 aromatic carbocycles. The number of benzene rings is 1. The molecule has 8 heteroatoms. The molecule has 6 nitrogen and oxygen atoms in total. The summed E-state index contributed by atoms with van der Waals surface area (Å²) >= 11 is 9.26. The second-order valence-corrected chi connectivity index (χ2v) is 5.04. The molecule has 20 heavy (non-hydrogen) atoms. The van der Waals surface area contributed by atoms with Gasteiger partial charge in [-0.05, 0) is 34.1 Å². The first kappa shape index (κ1) is 14.8.